The number of rotatable bonds is 15. The standard InChI is InChI=1S/C38H38ClNO4/c1-4-6-25-43-33-23-17-29(18-24-33)26-36(40-27-41)37(42)44-38(31-13-8-7-9-14-31,34-15-10-11-16-35(34)39)32-21-19-30(20-22-32)28(3)12-5-2/h2,7-11,13-24,27-28,36H,4,6,12,25-26H2,1,3H3,(H,40,41)/t28?,36-,38?/m0/s1. The third kappa shape index (κ3) is 7.70. The van der Waals surface area contributed by atoms with E-state index < -0.39 is 17.6 Å². The average molecular weight is 608 g/mol. The summed E-state index contributed by atoms with van der Waals surface area (Å²) >= 11 is 6.85. The molecule has 5 nitrogen and oxygen atoms in total. The van der Waals surface area contributed by atoms with Crippen molar-refractivity contribution in [3.8, 4) is 18.1 Å². The molecule has 0 aromatic heterocycles. The van der Waals surface area contributed by atoms with Crippen LogP contribution in [-0.4, -0.2) is 25.0 Å². The highest BCUT2D eigenvalue weighted by molar-refractivity contribution is 6.31. The molecule has 0 saturated heterocycles. The minimum absolute atomic E-state index is 0.160. The second kappa shape index (κ2) is 15.8. The Morgan fingerprint density at radius 1 is 0.955 bits per heavy atom. The quantitative estimate of drug-likeness (QED) is 0.0492. The number of esters is 1. The summed E-state index contributed by atoms with van der Waals surface area (Å²) in [5.41, 5.74) is 2.53. The first kappa shape index (κ1) is 32.4. The molecule has 1 amide bonds. The van der Waals surface area contributed by atoms with Crippen molar-refractivity contribution in [3.05, 3.63) is 136 Å². The van der Waals surface area contributed by atoms with Crippen molar-refractivity contribution >= 4 is 24.0 Å². The van der Waals surface area contributed by atoms with Crippen LogP contribution in [0.2, 0.25) is 5.02 Å². The molecular formula is C38H38ClNO4. The van der Waals surface area contributed by atoms with Crippen LogP contribution in [0.25, 0.3) is 0 Å². The van der Waals surface area contributed by atoms with Gasteiger partial charge in [0.1, 0.15) is 11.8 Å². The molecule has 0 fully saturated rings. The number of hydrogen-bond donors (Lipinski definition) is 1. The summed E-state index contributed by atoms with van der Waals surface area (Å²) < 4.78 is 12.4. The molecule has 0 radical (unpaired) electrons. The number of nitrogens with one attached hydrogen (secondary N) is 1. The zero-order chi connectivity index (χ0) is 31.4. The van der Waals surface area contributed by atoms with E-state index in [4.69, 9.17) is 27.5 Å². The lowest BCUT2D eigenvalue weighted by Gasteiger charge is -2.37. The summed E-state index contributed by atoms with van der Waals surface area (Å²) in [6, 6.07) is 31.3. The van der Waals surface area contributed by atoms with Crippen molar-refractivity contribution in [2.24, 2.45) is 0 Å². The van der Waals surface area contributed by atoms with Crippen LogP contribution < -0.4 is 10.1 Å². The van der Waals surface area contributed by atoms with E-state index in [0.717, 1.165) is 29.7 Å². The van der Waals surface area contributed by atoms with Gasteiger partial charge in [-0.25, -0.2) is 4.79 Å². The van der Waals surface area contributed by atoms with Gasteiger partial charge in [-0.3, -0.25) is 4.79 Å². The summed E-state index contributed by atoms with van der Waals surface area (Å²) in [4.78, 5) is 25.9. The van der Waals surface area contributed by atoms with Gasteiger partial charge in [0.05, 0.1) is 6.61 Å². The monoisotopic (exact) mass is 607 g/mol. The van der Waals surface area contributed by atoms with Crippen molar-refractivity contribution in [2.75, 3.05) is 6.61 Å². The van der Waals surface area contributed by atoms with E-state index in [9.17, 15) is 9.59 Å². The second-order valence-electron chi connectivity index (χ2n) is 10.8. The maximum atomic E-state index is 14.2. The molecule has 0 aliphatic heterocycles. The maximum absolute atomic E-state index is 14.2. The Kier molecular flexibility index (Phi) is 11.6. The minimum Gasteiger partial charge on any atom is -0.494 e. The predicted octanol–water partition coefficient (Wildman–Crippen LogP) is 7.84. The molecule has 2 unspecified atom stereocenters. The highest BCUT2D eigenvalue weighted by Gasteiger charge is 2.43. The molecule has 0 aliphatic rings. The molecule has 4 aromatic carbocycles. The Labute approximate surface area is 265 Å². The highest BCUT2D eigenvalue weighted by atomic mass is 35.5. The first-order valence-electron chi connectivity index (χ1n) is 14.9. The SMILES string of the molecule is C#CCC(C)c1ccc(C(OC(=O)[C@H](Cc2ccc(OCCCC)cc2)NC=O)(c2ccccc2)c2ccccc2Cl)cc1. The van der Waals surface area contributed by atoms with Crippen LogP contribution in [0.5, 0.6) is 5.75 Å². The Bertz CT molecular complexity index is 1550. The number of terminal acetylenes is 1. The normalized spacial score (nSPS) is 13.5. The van der Waals surface area contributed by atoms with E-state index in [2.05, 4.69) is 25.1 Å². The number of hydrogen-bond acceptors (Lipinski definition) is 4. The zero-order valence-corrected chi connectivity index (χ0v) is 25.9. The molecule has 6 heteroatoms. The smallest absolute Gasteiger partial charge is 0.330 e. The van der Waals surface area contributed by atoms with E-state index >= 15 is 0 Å². The molecule has 0 heterocycles. The molecule has 3 atom stereocenters. The van der Waals surface area contributed by atoms with Crippen LogP contribution in [0.15, 0.2) is 103 Å². The third-order valence-electron chi connectivity index (χ3n) is 7.68. The van der Waals surface area contributed by atoms with Crippen molar-refractivity contribution in [1.82, 2.24) is 5.32 Å². The topological polar surface area (TPSA) is 64.6 Å². The first-order chi connectivity index (χ1) is 21.4. The van der Waals surface area contributed by atoms with Crippen molar-refractivity contribution in [2.45, 2.75) is 57.1 Å². The van der Waals surface area contributed by atoms with Crippen molar-refractivity contribution < 1.29 is 19.1 Å². The van der Waals surface area contributed by atoms with Crippen LogP contribution in [0.4, 0.5) is 0 Å². The van der Waals surface area contributed by atoms with E-state index in [0.29, 0.717) is 41.2 Å². The third-order valence-corrected chi connectivity index (χ3v) is 8.01. The molecule has 1 N–H and O–H groups in total. The molecule has 226 valence electrons. The first-order valence-corrected chi connectivity index (χ1v) is 15.3. The summed E-state index contributed by atoms with van der Waals surface area (Å²) in [6.45, 7) is 4.83. The molecule has 0 bridgehead atoms. The number of unbranched alkanes of at least 4 members (excludes halogenated alkanes) is 1. The van der Waals surface area contributed by atoms with Crippen LogP contribution >= 0.6 is 11.6 Å². The Morgan fingerprint density at radius 3 is 2.25 bits per heavy atom. The van der Waals surface area contributed by atoms with Crippen LogP contribution in [-0.2, 0) is 26.3 Å². The summed E-state index contributed by atoms with van der Waals surface area (Å²) in [5, 5.41) is 3.12. The molecule has 44 heavy (non-hydrogen) atoms. The number of ether oxygens (including phenoxy) is 2. The number of benzene rings is 4. The number of carbonyl (C=O) groups is 2. The highest BCUT2D eigenvalue weighted by Crippen LogP contribution is 2.44. The fourth-order valence-corrected chi connectivity index (χ4v) is 5.49. The molecule has 4 aromatic rings. The molecule has 0 saturated carbocycles. The van der Waals surface area contributed by atoms with Crippen LogP contribution in [0.1, 0.15) is 66.8 Å². The van der Waals surface area contributed by atoms with Gasteiger partial charge in [-0.15, -0.1) is 12.3 Å². The lowest BCUT2D eigenvalue weighted by molar-refractivity contribution is -0.156. The number of amides is 1. The van der Waals surface area contributed by atoms with E-state index in [-0.39, 0.29) is 12.3 Å². The summed E-state index contributed by atoms with van der Waals surface area (Å²) in [6.07, 6.45) is 8.94. The van der Waals surface area contributed by atoms with Gasteiger partial charge in [0.25, 0.3) is 0 Å². The van der Waals surface area contributed by atoms with Gasteiger partial charge in [-0.2, -0.15) is 0 Å². The van der Waals surface area contributed by atoms with Crippen LogP contribution in [0, 0.1) is 12.3 Å². The lowest BCUT2D eigenvalue weighted by Crippen LogP contribution is -2.45. The average Bonchev–Trinajstić information content (AvgIpc) is 3.05. The fraction of sp³-hybridized carbons (Fsp3) is 0.263. The molecule has 4 rings (SSSR count). The summed E-state index contributed by atoms with van der Waals surface area (Å²) in [5.74, 6) is 3.04. The van der Waals surface area contributed by atoms with Crippen molar-refractivity contribution in [1.29, 1.82) is 0 Å². The number of halogens is 1. The minimum atomic E-state index is -1.41. The maximum Gasteiger partial charge on any atom is 0.330 e. The van der Waals surface area contributed by atoms with Gasteiger partial charge in [-0.05, 0) is 41.7 Å². The van der Waals surface area contributed by atoms with Crippen molar-refractivity contribution in [3.63, 3.8) is 0 Å². The van der Waals surface area contributed by atoms with Crippen LogP contribution in [0.3, 0.4) is 0 Å². The van der Waals surface area contributed by atoms with Gasteiger partial charge in [0.15, 0.2) is 5.60 Å². The molecular weight excluding hydrogens is 570 g/mol. The Hall–Kier alpha value is -4.53. The largest absolute Gasteiger partial charge is 0.494 e. The van der Waals surface area contributed by atoms with E-state index in [1.807, 2.05) is 97.1 Å². The van der Waals surface area contributed by atoms with Gasteiger partial charge in [-0.1, -0.05) is 117 Å². The molecule has 0 spiro atoms. The predicted molar refractivity (Wildman–Crippen MR) is 176 cm³/mol. The van der Waals surface area contributed by atoms with Gasteiger partial charge in [0.2, 0.25) is 6.41 Å². The van der Waals surface area contributed by atoms with E-state index in [1.165, 1.54) is 0 Å². The molecule has 0 aliphatic carbocycles. The Balaban J connectivity index is 1.76. The fourth-order valence-electron chi connectivity index (χ4n) is 5.22. The number of carbonyl (C=O) groups excluding carboxylic acids is 2. The Morgan fingerprint density at radius 2 is 1.61 bits per heavy atom. The van der Waals surface area contributed by atoms with Gasteiger partial charge < -0.3 is 14.8 Å². The lowest BCUT2D eigenvalue weighted by atomic mass is 9.79. The van der Waals surface area contributed by atoms with Gasteiger partial charge in [0, 0.05) is 34.6 Å². The second-order valence-corrected chi connectivity index (χ2v) is 11.2. The van der Waals surface area contributed by atoms with E-state index in [1.54, 1.807) is 6.07 Å². The summed E-state index contributed by atoms with van der Waals surface area (Å²) in [7, 11) is 0. The van der Waals surface area contributed by atoms with Gasteiger partial charge >= 0.3 is 5.97 Å². The zero-order valence-electron chi connectivity index (χ0n) is 25.2.